The van der Waals surface area contributed by atoms with Crippen molar-refractivity contribution in [3.05, 3.63) is 30.1 Å². The second kappa shape index (κ2) is 5.99. The van der Waals surface area contributed by atoms with Crippen LogP contribution in [0.4, 0.5) is 11.4 Å². The van der Waals surface area contributed by atoms with E-state index in [1.807, 2.05) is 30.0 Å². The maximum absolute atomic E-state index is 11.4. The summed E-state index contributed by atoms with van der Waals surface area (Å²) in [6.07, 6.45) is 1.78. The van der Waals surface area contributed by atoms with Gasteiger partial charge in [-0.15, -0.1) is 0 Å². The van der Waals surface area contributed by atoms with Crippen molar-refractivity contribution < 1.29 is 4.79 Å². The predicted molar refractivity (Wildman–Crippen MR) is 87.1 cm³/mol. The molecular weight excluding hydrogens is 264 g/mol. The first-order valence-electron chi connectivity index (χ1n) is 7.06. The average molecular weight is 286 g/mol. The van der Waals surface area contributed by atoms with Crippen LogP contribution in [0.2, 0.25) is 0 Å². The van der Waals surface area contributed by atoms with Crippen LogP contribution in [0.15, 0.2) is 24.4 Å². The summed E-state index contributed by atoms with van der Waals surface area (Å²) in [4.78, 5) is 17.7. The van der Waals surface area contributed by atoms with Crippen molar-refractivity contribution in [2.24, 2.45) is 11.7 Å². The number of rotatable bonds is 5. The summed E-state index contributed by atoms with van der Waals surface area (Å²) in [6, 6.07) is 5.79. The number of hydrogen-bond donors (Lipinski definition) is 2. The zero-order valence-electron chi connectivity index (χ0n) is 12.8. The highest BCUT2D eigenvalue weighted by atomic mass is 16.1. The fourth-order valence-electron chi connectivity index (χ4n) is 2.50. The van der Waals surface area contributed by atoms with Gasteiger partial charge in [0.2, 0.25) is 5.91 Å². The number of benzene rings is 1. The van der Waals surface area contributed by atoms with E-state index in [0.717, 1.165) is 28.7 Å². The highest BCUT2D eigenvalue weighted by Crippen LogP contribution is 2.31. The summed E-state index contributed by atoms with van der Waals surface area (Å²) in [5, 5.41) is 1.90. The van der Waals surface area contributed by atoms with E-state index in [2.05, 4.69) is 18.8 Å². The minimum Gasteiger partial charge on any atom is -0.398 e. The molecule has 1 aromatic carbocycles. The highest BCUT2D eigenvalue weighted by molar-refractivity contribution is 6.01. The number of hydrogen-bond acceptors (Lipinski definition) is 4. The van der Waals surface area contributed by atoms with Gasteiger partial charge in [0.1, 0.15) is 0 Å². The van der Waals surface area contributed by atoms with E-state index in [-0.39, 0.29) is 12.5 Å². The molecule has 0 aliphatic rings. The minimum absolute atomic E-state index is 0.193. The average Bonchev–Trinajstić information content (AvgIpc) is 2.37. The van der Waals surface area contributed by atoms with Crippen LogP contribution in [0.25, 0.3) is 10.8 Å². The maximum atomic E-state index is 11.4. The van der Waals surface area contributed by atoms with E-state index in [0.29, 0.717) is 11.6 Å². The van der Waals surface area contributed by atoms with Crippen molar-refractivity contribution in [3.8, 4) is 0 Å². The number of nitrogens with zero attached hydrogens (tertiary/aromatic N) is 2. The molecule has 0 saturated carbocycles. The van der Waals surface area contributed by atoms with Crippen molar-refractivity contribution in [3.63, 3.8) is 0 Å². The van der Waals surface area contributed by atoms with Crippen LogP contribution >= 0.6 is 0 Å². The van der Waals surface area contributed by atoms with Gasteiger partial charge in [0, 0.05) is 40.6 Å². The molecule has 0 aliphatic heterocycles. The van der Waals surface area contributed by atoms with Crippen LogP contribution in [-0.4, -0.2) is 24.0 Å². The smallest absolute Gasteiger partial charge is 0.236 e. The van der Waals surface area contributed by atoms with E-state index < -0.39 is 0 Å². The second-order valence-corrected chi connectivity index (χ2v) is 5.79. The zero-order valence-corrected chi connectivity index (χ0v) is 12.8. The molecule has 0 radical (unpaired) electrons. The Hall–Kier alpha value is -2.30. The molecular formula is C16H22N4O. The van der Waals surface area contributed by atoms with Crippen molar-refractivity contribution in [2.75, 3.05) is 23.7 Å². The Morgan fingerprint density at radius 2 is 2.05 bits per heavy atom. The monoisotopic (exact) mass is 286 g/mol. The maximum Gasteiger partial charge on any atom is 0.236 e. The molecule has 0 spiro atoms. The van der Waals surface area contributed by atoms with Gasteiger partial charge in [-0.05, 0) is 31.0 Å². The van der Waals surface area contributed by atoms with E-state index >= 15 is 0 Å². The summed E-state index contributed by atoms with van der Waals surface area (Å²) >= 11 is 0. The number of primary amides is 1. The Balaban J connectivity index is 2.58. The minimum atomic E-state index is -0.341. The van der Waals surface area contributed by atoms with Gasteiger partial charge in [-0.2, -0.15) is 0 Å². The number of carbonyl (C=O) groups excluding carboxylic acids is 1. The van der Waals surface area contributed by atoms with Gasteiger partial charge in [0.15, 0.2) is 0 Å². The first-order chi connectivity index (χ1) is 9.88. The van der Waals surface area contributed by atoms with Gasteiger partial charge >= 0.3 is 0 Å². The van der Waals surface area contributed by atoms with E-state index in [1.165, 1.54) is 0 Å². The Kier molecular flexibility index (Phi) is 4.31. The molecule has 5 heteroatoms. The lowest BCUT2D eigenvalue weighted by atomic mass is 10.1. The third-order valence-electron chi connectivity index (χ3n) is 3.32. The van der Waals surface area contributed by atoms with E-state index in [1.54, 1.807) is 6.20 Å². The predicted octanol–water partition coefficient (Wildman–Crippen LogP) is 2.07. The number of carbonyl (C=O) groups is 1. The van der Waals surface area contributed by atoms with Gasteiger partial charge in [0.25, 0.3) is 0 Å². The van der Waals surface area contributed by atoms with Crippen molar-refractivity contribution in [1.29, 1.82) is 0 Å². The number of aromatic nitrogens is 1. The molecule has 21 heavy (non-hydrogen) atoms. The lowest BCUT2D eigenvalue weighted by molar-refractivity contribution is -0.116. The van der Waals surface area contributed by atoms with Gasteiger partial charge < -0.3 is 16.4 Å². The third-order valence-corrected chi connectivity index (χ3v) is 3.32. The van der Waals surface area contributed by atoms with Crippen LogP contribution in [-0.2, 0) is 4.79 Å². The van der Waals surface area contributed by atoms with Crippen LogP contribution in [0.1, 0.15) is 19.5 Å². The van der Waals surface area contributed by atoms with Gasteiger partial charge in [-0.25, -0.2) is 0 Å². The lowest BCUT2D eigenvalue weighted by Crippen LogP contribution is -2.36. The van der Waals surface area contributed by atoms with E-state index in [4.69, 9.17) is 11.5 Å². The number of pyridine rings is 1. The molecule has 0 atom stereocenters. The Labute approximate surface area is 124 Å². The van der Waals surface area contributed by atoms with Crippen molar-refractivity contribution in [2.45, 2.75) is 20.8 Å². The topological polar surface area (TPSA) is 85.2 Å². The molecule has 0 fully saturated rings. The normalized spacial score (nSPS) is 11.0. The number of aryl methyl sites for hydroxylation is 1. The molecule has 0 aliphatic carbocycles. The zero-order chi connectivity index (χ0) is 15.6. The van der Waals surface area contributed by atoms with Crippen LogP contribution in [0, 0.1) is 12.8 Å². The molecule has 0 bridgehead atoms. The number of anilines is 2. The lowest BCUT2D eigenvalue weighted by Gasteiger charge is -2.27. The molecule has 2 rings (SSSR count). The third kappa shape index (κ3) is 3.42. The van der Waals surface area contributed by atoms with Gasteiger partial charge in [-0.1, -0.05) is 13.8 Å². The molecule has 1 amide bonds. The molecule has 4 N–H and O–H groups in total. The number of amides is 1. The van der Waals surface area contributed by atoms with Crippen LogP contribution in [0.5, 0.6) is 0 Å². The Bertz CT molecular complexity index is 667. The Morgan fingerprint density at radius 3 is 2.67 bits per heavy atom. The fraction of sp³-hybridized carbons (Fsp3) is 0.375. The largest absolute Gasteiger partial charge is 0.398 e. The Morgan fingerprint density at radius 1 is 1.33 bits per heavy atom. The van der Waals surface area contributed by atoms with Gasteiger partial charge in [0.05, 0.1) is 6.54 Å². The first kappa shape index (κ1) is 15.1. The fourth-order valence-corrected chi connectivity index (χ4v) is 2.50. The summed E-state index contributed by atoms with van der Waals surface area (Å²) < 4.78 is 0. The van der Waals surface area contributed by atoms with Gasteiger partial charge in [-0.3, -0.25) is 9.78 Å². The van der Waals surface area contributed by atoms with Crippen molar-refractivity contribution >= 4 is 28.1 Å². The summed E-state index contributed by atoms with van der Waals surface area (Å²) in [7, 11) is 0. The summed E-state index contributed by atoms with van der Waals surface area (Å²) in [6.45, 7) is 7.11. The quantitative estimate of drug-likeness (QED) is 0.824. The molecule has 1 heterocycles. The number of fused-ring (bicyclic) bond motifs is 1. The highest BCUT2D eigenvalue weighted by Gasteiger charge is 2.15. The van der Waals surface area contributed by atoms with Crippen LogP contribution < -0.4 is 16.4 Å². The first-order valence-corrected chi connectivity index (χ1v) is 7.06. The SMILES string of the molecule is Cc1cc2c(N(CC(N)=O)CC(C)C)ccc(N)c2cn1. The van der Waals surface area contributed by atoms with E-state index in [9.17, 15) is 4.79 Å². The van der Waals surface area contributed by atoms with Crippen molar-refractivity contribution in [1.82, 2.24) is 4.98 Å². The second-order valence-electron chi connectivity index (χ2n) is 5.79. The molecule has 5 nitrogen and oxygen atoms in total. The van der Waals surface area contributed by atoms with Crippen LogP contribution in [0.3, 0.4) is 0 Å². The molecule has 0 saturated heterocycles. The molecule has 0 unspecified atom stereocenters. The summed E-state index contributed by atoms with van der Waals surface area (Å²) in [5.74, 6) is 0.0753. The molecule has 2 aromatic rings. The molecule has 112 valence electrons. The number of nitrogen functional groups attached to an aromatic ring is 1. The molecule has 1 aromatic heterocycles. The number of nitrogens with two attached hydrogens (primary N) is 2. The summed E-state index contributed by atoms with van der Waals surface area (Å²) in [5.41, 5.74) is 14.0. The standard InChI is InChI=1S/C16H22N4O/c1-10(2)8-20(9-16(18)21)15-5-4-14(17)13-7-19-11(3)6-12(13)15/h4-7,10H,8-9,17H2,1-3H3,(H2,18,21).